The zero-order valence-corrected chi connectivity index (χ0v) is 12.9. The number of nitrogens with one attached hydrogen (secondary N) is 1. The van der Waals surface area contributed by atoms with Crippen molar-refractivity contribution in [2.24, 2.45) is 5.92 Å². The lowest BCUT2D eigenvalue weighted by Gasteiger charge is -2.09. The fourth-order valence-corrected chi connectivity index (χ4v) is 2.23. The van der Waals surface area contributed by atoms with Crippen LogP contribution in [0.4, 0.5) is 10.1 Å². The van der Waals surface area contributed by atoms with Crippen LogP contribution in [0.25, 0.3) is 0 Å². The third-order valence-electron chi connectivity index (χ3n) is 3.62. The highest BCUT2D eigenvalue weighted by molar-refractivity contribution is 5.44. The molecule has 0 saturated heterocycles. The van der Waals surface area contributed by atoms with E-state index in [0.717, 1.165) is 25.3 Å². The Morgan fingerprint density at radius 3 is 1.90 bits per heavy atom. The standard InChI is InChI=1S/C19H24FN/c1-15(2)13-14-21-19-11-7-17(8-12-19)4-3-16-5-9-18(20)10-6-16/h5-12,15,21H,3-4,13-14H2,1-2H3. The summed E-state index contributed by atoms with van der Waals surface area (Å²) < 4.78 is 12.8. The summed E-state index contributed by atoms with van der Waals surface area (Å²) in [6, 6.07) is 15.4. The van der Waals surface area contributed by atoms with E-state index in [0.29, 0.717) is 0 Å². The Labute approximate surface area is 127 Å². The molecule has 1 nitrogen and oxygen atoms in total. The normalized spacial score (nSPS) is 10.9. The number of rotatable bonds is 7. The minimum atomic E-state index is -0.171. The van der Waals surface area contributed by atoms with Crippen molar-refractivity contribution in [1.29, 1.82) is 0 Å². The van der Waals surface area contributed by atoms with Crippen LogP contribution >= 0.6 is 0 Å². The summed E-state index contributed by atoms with van der Waals surface area (Å²) in [5.41, 5.74) is 3.67. The van der Waals surface area contributed by atoms with Crippen LogP contribution < -0.4 is 5.32 Å². The molecular formula is C19H24FN. The monoisotopic (exact) mass is 285 g/mol. The van der Waals surface area contributed by atoms with E-state index in [1.54, 1.807) is 0 Å². The van der Waals surface area contributed by atoms with Gasteiger partial charge in [-0.05, 0) is 60.6 Å². The highest BCUT2D eigenvalue weighted by atomic mass is 19.1. The Hall–Kier alpha value is -1.83. The molecule has 112 valence electrons. The van der Waals surface area contributed by atoms with Crippen LogP contribution in [-0.2, 0) is 12.8 Å². The van der Waals surface area contributed by atoms with Crippen molar-refractivity contribution in [2.75, 3.05) is 11.9 Å². The van der Waals surface area contributed by atoms with Gasteiger partial charge in [0.25, 0.3) is 0 Å². The van der Waals surface area contributed by atoms with E-state index in [4.69, 9.17) is 0 Å². The van der Waals surface area contributed by atoms with Crippen LogP contribution in [0.1, 0.15) is 31.4 Å². The van der Waals surface area contributed by atoms with E-state index in [-0.39, 0.29) is 5.82 Å². The Bertz CT molecular complexity index is 528. The average molecular weight is 285 g/mol. The van der Waals surface area contributed by atoms with Gasteiger partial charge in [0, 0.05) is 12.2 Å². The molecule has 0 amide bonds. The summed E-state index contributed by atoms with van der Waals surface area (Å²) >= 11 is 0. The molecule has 2 rings (SSSR count). The van der Waals surface area contributed by atoms with Crippen molar-refractivity contribution in [1.82, 2.24) is 0 Å². The summed E-state index contributed by atoms with van der Waals surface area (Å²) in [7, 11) is 0. The maximum absolute atomic E-state index is 12.8. The molecule has 1 N–H and O–H groups in total. The van der Waals surface area contributed by atoms with Gasteiger partial charge in [-0.2, -0.15) is 0 Å². The smallest absolute Gasteiger partial charge is 0.123 e. The van der Waals surface area contributed by atoms with Crippen molar-refractivity contribution in [3.05, 3.63) is 65.5 Å². The highest BCUT2D eigenvalue weighted by Crippen LogP contribution is 2.13. The number of hydrogen-bond donors (Lipinski definition) is 1. The van der Waals surface area contributed by atoms with Gasteiger partial charge >= 0.3 is 0 Å². The molecule has 0 aromatic heterocycles. The van der Waals surface area contributed by atoms with Crippen molar-refractivity contribution in [2.45, 2.75) is 33.1 Å². The molecule has 0 radical (unpaired) electrons. The number of anilines is 1. The van der Waals surface area contributed by atoms with E-state index in [1.807, 2.05) is 12.1 Å². The van der Waals surface area contributed by atoms with Crippen LogP contribution in [0.15, 0.2) is 48.5 Å². The van der Waals surface area contributed by atoms with Gasteiger partial charge in [0.15, 0.2) is 0 Å². The van der Waals surface area contributed by atoms with Crippen LogP contribution in [0.5, 0.6) is 0 Å². The summed E-state index contributed by atoms with van der Waals surface area (Å²) in [6.07, 6.45) is 3.12. The van der Waals surface area contributed by atoms with Crippen LogP contribution in [-0.4, -0.2) is 6.54 Å². The van der Waals surface area contributed by atoms with E-state index < -0.39 is 0 Å². The number of hydrogen-bond acceptors (Lipinski definition) is 1. The minimum Gasteiger partial charge on any atom is -0.385 e. The summed E-state index contributed by atoms with van der Waals surface area (Å²) in [6.45, 7) is 5.49. The minimum absolute atomic E-state index is 0.171. The van der Waals surface area contributed by atoms with Gasteiger partial charge in [0.05, 0.1) is 0 Å². The van der Waals surface area contributed by atoms with Gasteiger partial charge in [0.1, 0.15) is 5.82 Å². The van der Waals surface area contributed by atoms with Gasteiger partial charge in [-0.1, -0.05) is 38.1 Å². The molecule has 2 aromatic rings. The van der Waals surface area contributed by atoms with Gasteiger partial charge in [-0.15, -0.1) is 0 Å². The molecule has 0 saturated carbocycles. The maximum atomic E-state index is 12.8. The molecule has 0 aliphatic heterocycles. The first-order valence-corrected chi connectivity index (χ1v) is 7.71. The first-order valence-electron chi connectivity index (χ1n) is 7.71. The molecule has 2 aromatic carbocycles. The highest BCUT2D eigenvalue weighted by Gasteiger charge is 1.98. The Morgan fingerprint density at radius 1 is 0.857 bits per heavy atom. The topological polar surface area (TPSA) is 12.0 Å². The summed E-state index contributed by atoms with van der Waals surface area (Å²) in [5.74, 6) is 0.558. The van der Waals surface area contributed by atoms with Crippen molar-refractivity contribution < 1.29 is 4.39 Å². The zero-order chi connectivity index (χ0) is 15.1. The first kappa shape index (κ1) is 15.6. The molecule has 2 heteroatoms. The average Bonchev–Trinajstić information content (AvgIpc) is 2.48. The van der Waals surface area contributed by atoms with Crippen molar-refractivity contribution >= 4 is 5.69 Å². The van der Waals surface area contributed by atoms with Crippen LogP contribution in [0.2, 0.25) is 0 Å². The second-order valence-corrected chi connectivity index (χ2v) is 5.93. The number of halogens is 1. The third kappa shape index (κ3) is 5.58. The SMILES string of the molecule is CC(C)CCNc1ccc(CCc2ccc(F)cc2)cc1. The molecular weight excluding hydrogens is 261 g/mol. The second-order valence-electron chi connectivity index (χ2n) is 5.93. The quantitative estimate of drug-likeness (QED) is 0.749. The predicted molar refractivity (Wildman–Crippen MR) is 88.2 cm³/mol. The molecule has 21 heavy (non-hydrogen) atoms. The summed E-state index contributed by atoms with van der Waals surface area (Å²) in [5, 5.41) is 3.44. The summed E-state index contributed by atoms with van der Waals surface area (Å²) in [4.78, 5) is 0. The molecule has 0 aliphatic carbocycles. The van der Waals surface area contributed by atoms with Crippen molar-refractivity contribution in [3.8, 4) is 0 Å². The molecule has 0 bridgehead atoms. The molecule has 0 spiro atoms. The van der Waals surface area contributed by atoms with Crippen LogP contribution in [0.3, 0.4) is 0 Å². The van der Waals surface area contributed by atoms with E-state index >= 15 is 0 Å². The van der Waals surface area contributed by atoms with Gasteiger partial charge in [-0.25, -0.2) is 4.39 Å². The van der Waals surface area contributed by atoms with Gasteiger partial charge < -0.3 is 5.32 Å². The third-order valence-corrected chi connectivity index (χ3v) is 3.62. The Kier molecular flexibility index (Phi) is 5.79. The molecule has 0 atom stereocenters. The number of benzene rings is 2. The van der Waals surface area contributed by atoms with Gasteiger partial charge in [0.2, 0.25) is 0 Å². The fourth-order valence-electron chi connectivity index (χ4n) is 2.23. The van der Waals surface area contributed by atoms with E-state index in [9.17, 15) is 4.39 Å². The largest absolute Gasteiger partial charge is 0.385 e. The molecule has 0 heterocycles. The maximum Gasteiger partial charge on any atom is 0.123 e. The van der Waals surface area contributed by atoms with E-state index in [2.05, 4.69) is 43.4 Å². The lowest BCUT2D eigenvalue weighted by molar-refractivity contribution is 0.607. The molecule has 0 unspecified atom stereocenters. The Morgan fingerprint density at radius 2 is 1.38 bits per heavy atom. The van der Waals surface area contributed by atoms with Gasteiger partial charge in [-0.3, -0.25) is 0 Å². The molecule has 0 aliphatic rings. The first-order chi connectivity index (χ1) is 10.1. The lowest BCUT2D eigenvalue weighted by Crippen LogP contribution is -2.04. The lowest BCUT2D eigenvalue weighted by atomic mass is 10.0. The molecule has 0 fully saturated rings. The zero-order valence-electron chi connectivity index (χ0n) is 12.9. The Balaban J connectivity index is 1.80. The predicted octanol–water partition coefficient (Wildman–Crippen LogP) is 5.07. The second kappa shape index (κ2) is 7.82. The van der Waals surface area contributed by atoms with Crippen molar-refractivity contribution in [3.63, 3.8) is 0 Å². The number of aryl methyl sites for hydroxylation is 2. The van der Waals surface area contributed by atoms with E-state index in [1.165, 1.54) is 35.4 Å². The van der Waals surface area contributed by atoms with Crippen LogP contribution in [0, 0.1) is 11.7 Å². The fraction of sp³-hybridized carbons (Fsp3) is 0.368.